The first kappa shape index (κ1) is 16.1. The Bertz CT molecular complexity index is 464. The van der Waals surface area contributed by atoms with Gasteiger partial charge in [0, 0.05) is 25.2 Å². The second kappa shape index (κ2) is 7.14. The van der Waals surface area contributed by atoms with Gasteiger partial charge in [-0.15, -0.1) is 0 Å². The van der Waals surface area contributed by atoms with Crippen LogP contribution in [-0.4, -0.2) is 44.8 Å². The topological polar surface area (TPSA) is 33.7 Å². The molecule has 0 amide bonds. The molecule has 0 radical (unpaired) electrons. The van der Waals surface area contributed by atoms with Gasteiger partial charge in [0.05, 0.1) is 14.2 Å². The standard InChI is InChI=1S/C17H28N2O2/c1-12-11-19(3)13(2)8-15(12)18-10-14-6-7-16(20-4)17(9-14)21-5/h6-7,9,12-13,15,18H,8,10-11H2,1-5H3/t12-,13+,15-/m1/s1. The van der Waals surface area contributed by atoms with Crippen molar-refractivity contribution in [1.29, 1.82) is 0 Å². The lowest BCUT2D eigenvalue weighted by Gasteiger charge is -2.40. The number of nitrogens with one attached hydrogen (secondary N) is 1. The van der Waals surface area contributed by atoms with Crippen LogP contribution >= 0.6 is 0 Å². The van der Waals surface area contributed by atoms with E-state index in [2.05, 4.69) is 43.2 Å². The summed E-state index contributed by atoms with van der Waals surface area (Å²) in [6.45, 7) is 6.65. The normalized spacial score (nSPS) is 26.6. The summed E-state index contributed by atoms with van der Waals surface area (Å²) in [5, 5.41) is 3.70. The van der Waals surface area contributed by atoms with E-state index in [4.69, 9.17) is 9.47 Å². The first-order chi connectivity index (χ1) is 10.0. The molecule has 1 aliphatic rings. The average Bonchev–Trinajstić information content (AvgIpc) is 2.49. The Balaban J connectivity index is 1.96. The number of ether oxygens (including phenoxy) is 2. The highest BCUT2D eigenvalue weighted by atomic mass is 16.5. The van der Waals surface area contributed by atoms with Gasteiger partial charge in [0.25, 0.3) is 0 Å². The zero-order chi connectivity index (χ0) is 15.4. The molecule has 3 atom stereocenters. The summed E-state index contributed by atoms with van der Waals surface area (Å²) in [7, 11) is 5.55. The smallest absolute Gasteiger partial charge is 0.161 e. The number of methoxy groups -OCH3 is 2. The molecule has 0 saturated carbocycles. The van der Waals surface area contributed by atoms with E-state index < -0.39 is 0 Å². The second-order valence-corrected chi connectivity index (χ2v) is 6.18. The van der Waals surface area contributed by atoms with Crippen molar-refractivity contribution >= 4 is 0 Å². The second-order valence-electron chi connectivity index (χ2n) is 6.18. The number of hydrogen-bond donors (Lipinski definition) is 1. The first-order valence-electron chi connectivity index (χ1n) is 7.69. The fourth-order valence-electron chi connectivity index (χ4n) is 3.07. The molecule has 0 bridgehead atoms. The highest BCUT2D eigenvalue weighted by molar-refractivity contribution is 5.42. The van der Waals surface area contributed by atoms with Crippen LogP contribution in [0.2, 0.25) is 0 Å². The maximum absolute atomic E-state index is 5.36. The van der Waals surface area contributed by atoms with Crippen LogP contribution in [0, 0.1) is 5.92 Å². The van der Waals surface area contributed by atoms with Gasteiger partial charge in [0.2, 0.25) is 0 Å². The quantitative estimate of drug-likeness (QED) is 0.904. The lowest BCUT2D eigenvalue weighted by Crippen LogP contribution is -2.50. The summed E-state index contributed by atoms with van der Waals surface area (Å²) in [4.78, 5) is 2.44. The van der Waals surface area contributed by atoms with Crippen LogP contribution in [0.3, 0.4) is 0 Å². The number of benzene rings is 1. The largest absolute Gasteiger partial charge is 0.493 e. The van der Waals surface area contributed by atoms with Gasteiger partial charge < -0.3 is 19.7 Å². The summed E-state index contributed by atoms with van der Waals surface area (Å²) < 4.78 is 10.6. The van der Waals surface area contributed by atoms with Crippen LogP contribution in [-0.2, 0) is 6.54 Å². The first-order valence-corrected chi connectivity index (χ1v) is 7.69. The summed E-state index contributed by atoms with van der Waals surface area (Å²) in [6, 6.07) is 7.33. The van der Waals surface area contributed by atoms with E-state index >= 15 is 0 Å². The van der Waals surface area contributed by atoms with Crippen LogP contribution in [0.15, 0.2) is 18.2 Å². The van der Waals surface area contributed by atoms with E-state index in [1.165, 1.54) is 12.0 Å². The van der Waals surface area contributed by atoms with Crippen molar-refractivity contribution in [3.8, 4) is 11.5 Å². The molecule has 1 fully saturated rings. The van der Waals surface area contributed by atoms with Gasteiger partial charge in [-0.25, -0.2) is 0 Å². The maximum Gasteiger partial charge on any atom is 0.161 e. The zero-order valence-electron chi connectivity index (χ0n) is 13.8. The molecule has 4 nitrogen and oxygen atoms in total. The minimum Gasteiger partial charge on any atom is -0.493 e. The van der Waals surface area contributed by atoms with E-state index in [9.17, 15) is 0 Å². The molecule has 1 N–H and O–H groups in total. The molecule has 4 heteroatoms. The van der Waals surface area contributed by atoms with Gasteiger partial charge in [-0.2, -0.15) is 0 Å². The van der Waals surface area contributed by atoms with Gasteiger partial charge >= 0.3 is 0 Å². The van der Waals surface area contributed by atoms with Crippen molar-refractivity contribution in [3.63, 3.8) is 0 Å². The van der Waals surface area contributed by atoms with E-state index in [0.717, 1.165) is 24.6 Å². The minimum atomic E-state index is 0.573. The summed E-state index contributed by atoms with van der Waals surface area (Å²) in [6.07, 6.45) is 1.20. The molecule has 118 valence electrons. The molecule has 1 heterocycles. The Kier molecular flexibility index (Phi) is 5.48. The lowest BCUT2D eigenvalue weighted by molar-refractivity contribution is 0.121. The Labute approximate surface area is 128 Å². The van der Waals surface area contributed by atoms with Crippen molar-refractivity contribution in [2.24, 2.45) is 5.92 Å². The van der Waals surface area contributed by atoms with Crippen LogP contribution in [0.4, 0.5) is 0 Å². The van der Waals surface area contributed by atoms with Crippen LogP contribution in [0.5, 0.6) is 11.5 Å². The molecule has 21 heavy (non-hydrogen) atoms. The zero-order valence-corrected chi connectivity index (χ0v) is 13.8. The maximum atomic E-state index is 5.36. The summed E-state index contributed by atoms with van der Waals surface area (Å²) in [5.41, 5.74) is 1.23. The Hall–Kier alpha value is -1.26. The molecule has 0 aliphatic carbocycles. The molecule has 1 saturated heterocycles. The number of likely N-dealkylation sites (tertiary alicyclic amines) is 1. The van der Waals surface area contributed by atoms with Gasteiger partial charge in [0.15, 0.2) is 11.5 Å². The van der Waals surface area contributed by atoms with Gasteiger partial charge in [-0.05, 0) is 44.0 Å². The third-order valence-corrected chi connectivity index (χ3v) is 4.63. The SMILES string of the molecule is COc1ccc(CN[C@@H]2C[C@H](C)N(C)C[C@H]2C)cc1OC. The monoisotopic (exact) mass is 292 g/mol. The average molecular weight is 292 g/mol. The van der Waals surface area contributed by atoms with Gasteiger partial charge in [-0.1, -0.05) is 13.0 Å². The van der Waals surface area contributed by atoms with Crippen LogP contribution in [0.1, 0.15) is 25.8 Å². The minimum absolute atomic E-state index is 0.573. The Morgan fingerprint density at radius 1 is 1.19 bits per heavy atom. The fourth-order valence-corrected chi connectivity index (χ4v) is 3.07. The lowest BCUT2D eigenvalue weighted by atomic mass is 9.89. The van der Waals surface area contributed by atoms with E-state index in [0.29, 0.717) is 18.0 Å². The molecular formula is C17H28N2O2. The third-order valence-electron chi connectivity index (χ3n) is 4.63. The Morgan fingerprint density at radius 3 is 2.57 bits per heavy atom. The number of piperidine rings is 1. The van der Waals surface area contributed by atoms with Gasteiger partial charge in [-0.3, -0.25) is 0 Å². The van der Waals surface area contributed by atoms with E-state index in [1.54, 1.807) is 14.2 Å². The summed E-state index contributed by atoms with van der Waals surface area (Å²) >= 11 is 0. The van der Waals surface area contributed by atoms with Crippen molar-refractivity contribution < 1.29 is 9.47 Å². The predicted octanol–water partition coefficient (Wildman–Crippen LogP) is 2.52. The third kappa shape index (κ3) is 3.89. The van der Waals surface area contributed by atoms with Crippen LogP contribution < -0.4 is 14.8 Å². The molecule has 1 aromatic rings. The molecule has 1 aromatic carbocycles. The highest BCUT2D eigenvalue weighted by Crippen LogP contribution is 2.28. The van der Waals surface area contributed by atoms with Crippen molar-refractivity contribution in [2.75, 3.05) is 27.8 Å². The molecule has 1 aliphatic heterocycles. The fraction of sp³-hybridized carbons (Fsp3) is 0.647. The Morgan fingerprint density at radius 2 is 1.90 bits per heavy atom. The van der Waals surface area contributed by atoms with Crippen LogP contribution in [0.25, 0.3) is 0 Å². The summed E-state index contributed by atoms with van der Waals surface area (Å²) in [5.74, 6) is 2.25. The molecule has 0 unspecified atom stereocenters. The number of hydrogen-bond acceptors (Lipinski definition) is 4. The van der Waals surface area contributed by atoms with E-state index in [-0.39, 0.29) is 0 Å². The molecule has 0 spiro atoms. The van der Waals surface area contributed by atoms with Crippen molar-refractivity contribution in [1.82, 2.24) is 10.2 Å². The van der Waals surface area contributed by atoms with Crippen molar-refractivity contribution in [3.05, 3.63) is 23.8 Å². The van der Waals surface area contributed by atoms with Crippen molar-refractivity contribution in [2.45, 2.75) is 38.9 Å². The highest BCUT2D eigenvalue weighted by Gasteiger charge is 2.28. The number of nitrogens with zero attached hydrogens (tertiary/aromatic N) is 1. The number of rotatable bonds is 5. The predicted molar refractivity (Wildman–Crippen MR) is 86.0 cm³/mol. The molecular weight excluding hydrogens is 264 g/mol. The van der Waals surface area contributed by atoms with Gasteiger partial charge in [0.1, 0.15) is 0 Å². The van der Waals surface area contributed by atoms with E-state index in [1.807, 2.05) is 6.07 Å². The molecule has 2 rings (SSSR count). The molecule has 0 aromatic heterocycles.